The van der Waals surface area contributed by atoms with Crippen LogP contribution in [0.5, 0.6) is 0 Å². The highest BCUT2D eigenvalue weighted by atomic mass is 15.0. The molecule has 2 aliphatic rings. The summed E-state index contributed by atoms with van der Waals surface area (Å²) >= 11 is 0. The number of hydrogen-bond donors (Lipinski definition) is 1. The van der Waals surface area contributed by atoms with Crippen molar-refractivity contribution in [3.05, 3.63) is 18.6 Å². The maximum Gasteiger partial charge on any atom is 0.144 e. The number of anilines is 1. The summed E-state index contributed by atoms with van der Waals surface area (Å²) in [5.41, 5.74) is 0. The summed E-state index contributed by atoms with van der Waals surface area (Å²) in [5.74, 6) is 2.87. The fourth-order valence-electron chi connectivity index (χ4n) is 2.65. The Balaban J connectivity index is 1.67. The highest BCUT2D eigenvalue weighted by Gasteiger charge is 2.45. The summed E-state index contributed by atoms with van der Waals surface area (Å²) in [4.78, 5) is 8.32. The molecule has 0 saturated heterocycles. The lowest BCUT2D eigenvalue weighted by Gasteiger charge is -2.22. The molecule has 1 aromatic rings. The van der Waals surface area contributed by atoms with E-state index in [1.807, 2.05) is 6.20 Å². The van der Waals surface area contributed by atoms with Crippen molar-refractivity contribution in [3.63, 3.8) is 0 Å². The Kier molecular flexibility index (Phi) is 1.89. The molecular formula is C11H15N3. The molecule has 1 aromatic heterocycles. The average molecular weight is 189 g/mol. The molecule has 0 radical (unpaired) electrons. The van der Waals surface area contributed by atoms with Crippen molar-refractivity contribution in [2.75, 3.05) is 5.32 Å². The van der Waals surface area contributed by atoms with Gasteiger partial charge >= 0.3 is 0 Å². The first-order valence-corrected chi connectivity index (χ1v) is 5.46. The van der Waals surface area contributed by atoms with Gasteiger partial charge in [0.2, 0.25) is 0 Å². The van der Waals surface area contributed by atoms with Crippen LogP contribution >= 0.6 is 0 Å². The van der Waals surface area contributed by atoms with Crippen LogP contribution in [0.1, 0.15) is 25.7 Å². The second-order valence-corrected chi connectivity index (χ2v) is 4.43. The highest BCUT2D eigenvalue weighted by molar-refractivity contribution is 5.32. The van der Waals surface area contributed by atoms with Crippen molar-refractivity contribution >= 4 is 5.82 Å². The van der Waals surface area contributed by atoms with Crippen LogP contribution in [0.2, 0.25) is 0 Å². The molecule has 3 atom stereocenters. The van der Waals surface area contributed by atoms with Gasteiger partial charge in [-0.3, -0.25) is 4.98 Å². The molecule has 2 aliphatic carbocycles. The minimum absolute atomic E-state index is 0.658. The second-order valence-electron chi connectivity index (χ2n) is 4.43. The number of nitrogens with one attached hydrogen (secondary N) is 1. The van der Waals surface area contributed by atoms with Gasteiger partial charge in [0.15, 0.2) is 0 Å². The molecule has 1 heterocycles. The summed E-state index contributed by atoms with van der Waals surface area (Å²) in [7, 11) is 0. The average Bonchev–Trinajstić information content (AvgIpc) is 2.99. The lowest BCUT2D eigenvalue weighted by Crippen LogP contribution is -2.25. The molecule has 1 N–H and O–H groups in total. The Hall–Kier alpha value is -1.12. The van der Waals surface area contributed by atoms with Crippen LogP contribution in [-0.2, 0) is 0 Å². The lowest BCUT2D eigenvalue weighted by molar-refractivity contribution is 0.439. The van der Waals surface area contributed by atoms with E-state index < -0.39 is 0 Å². The molecule has 74 valence electrons. The van der Waals surface area contributed by atoms with E-state index in [-0.39, 0.29) is 0 Å². The summed E-state index contributed by atoms with van der Waals surface area (Å²) < 4.78 is 0. The zero-order valence-corrected chi connectivity index (χ0v) is 8.19. The molecule has 0 spiro atoms. The van der Waals surface area contributed by atoms with Crippen LogP contribution < -0.4 is 5.32 Å². The smallest absolute Gasteiger partial charge is 0.144 e. The van der Waals surface area contributed by atoms with E-state index in [4.69, 9.17) is 0 Å². The van der Waals surface area contributed by atoms with E-state index in [0.29, 0.717) is 6.04 Å². The van der Waals surface area contributed by atoms with Gasteiger partial charge in [-0.15, -0.1) is 0 Å². The first-order chi connectivity index (χ1) is 6.93. The molecule has 0 bridgehead atoms. The van der Waals surface area contributed by atoms with Crippen molar-refractivity contribution in [2.24, 2.45) is 11.8 Å². The van der Waals surface area contributed by atoms with Gasteiger partial charge in [-0.1, -0.05) is 12.8 Å². The molecule has 1 unspecified atom stereocenters. The molecule has 3 nitrogen and oxygen atoms in total. The van der Waals surface area contributed by atoms with Gasteiger partial charge in [0.05, 0.1) is 6.20 Å². The van der Waals surface area contributed by atoms with Gasteiger partial charge in [0, 0.05) is 18.4 Å². The minimum atomic E-state index is 0.658. The van der Waals surface area contributed by atoms with Crippen LogP contribution in [0.3, 0.4) is 0 Å². The lowest BCUT2D eigenvalue weighted by atomic mass is 9.95. The normalized spacial score (nSPS) is 34.7. The quantitative estimate of drug-likeness (QED) is 0.774. The van der Waals surface area contributed by atoms with E-state index in [0.717, 1.165) is 17.7 Å². The molecule has 2 fully saturated rings. The van der Waals surface area contributed by atoms with Crippen molar-refractivity contribution < 1.29 is 0 Å². The number of aromatic nitrogens is 2. The predicted octanol–water partition coefficient (Wildman–Crippen LogP) is 2.08. The molecule has 2 saturated carbocycles. The summed E-state index contributed by atoms with van der Waals surface area (Å²) in [6.07, 6.45) is 10.8. The molecule has 14 heavy (non-hydrogen) atoms. The van der Waals surface area contributed by atoms with Gasteiger partial charge in [0.25, 0.3) is 0 Å². The standard InChI is InChI=1S/C11H15N3/c1-2-8-6-9(8)10(3-1)14-11-7-12-4-5-13-11/h4-5,7-10H,1-3,6H2,(H,13,14)/t8-,9+,10?/m0/s1. The minimum Gasteiger partial charge on any atom is -0.366 e. The van der Waals surface area contributed by atoms with Crippen molar-refractivity contribution in [2.45, 2.75) is 31.7 Å². The zero-order valence-electron chi connectivity index (χ0n) is 8.19. The van der Waals surface area contributed by atoms with Crippen LogP contribution in [-0.4, -0.2) is 16.0 Å². The maximum absolute atomic E-state index is 4.25. The van der Waals surface area contributed by atoms with Gasteiger partial charge < -0.3 is 5.32 Å². The van der Waals surface area contributed by atoms with Crippen LogP contribution in [0, 0.1) is 11.8 Å². The molecular weight excluding hydrogens is 174 g/mol. The Morgan fingerprint density at radius 3 is 3.14 bits per heavy atom. The Morgan fingerprint density at radius 2 is 2.29 bits per heavy atom. The van der Waals surface area contributed by atoms with Gasteiger partial charge in [-0.25, -0.2) is 4.98 Å². The van der Waals surface area contributed by atoms with E-state index >= 15 is 0 Å². The van der Waals surface area contributed by atoms with Crippen LogP contribution in [0.25, 0.3) is 0 Å². The van der Waals surface area contributed by atoms with Gasteiger partial charge in [0.1, 0.15) is 5.82 Å². The first kappa shape index (κ1) is 8.21. The maximum atomic E-state index is 4.25. The molecule has 3 rings (SSSR count). The van der Waals surface area contributed by atoms with Gasteiger partial charge in [-0.2, -0.15) is 0 Å². The molecule has 0 amide bonds. The third-order valence-electron chi connectivity index (χ3n) is 3.48. The van der Waals surface area contributed by atoms with Crippen LogP contribution in [0.15, 0.2) is 18.6 Å². The van der Waals surface area contributed by atoms with Crippen molar-refractivity contribution in [3.8, 4) is 0 Å². The van der Waals surface area contributed by atoms with E-state index in [9.17, 15) is 0 Å². The van der Waals surface area contributed by atoms with Crippen LogP contribution in [0.4, 0.5) is 5.82 Å². The first-order valence-electron chi connectivity index (χ1n) is 5.46. The molecule has 0 aromatic carbocycles. The third-order valence-corrected chi connectivity index (χ3v) is 3.48. The zero-order chi connectivity index (χ0) is 9.38. The fraction of sp³-hybridized carbons (Fsp3) is 0.636. The fourth-order valence-corrected chi connectivity index (χ4v) is 2.65. The number of rotatable bonds is 2. The predicted molar refractivity (Wildman–Crippen MR) is 54.9 cm³/mol. The monoisotopic (exact) mass is 189 g/mol. The molecule has 3 heteroatoms. The number of fused-ring (bicyclic) bond motifs is 1. The Labute approximate surface area is 84.0 Å². The Bertz CT molecular complexity index is 312. The van der Waals surface area contributed by atoms with Gasteiger partial charge in [-0.05, 0) is 24.7 Å². The van der Waals surface area contributed by atoms with E-state index in [1.54, 1.807) is 12.4 Å². The largest absolute Gasteiger partial charge is 0.366 e. The summed E-state index contributed by atoms with van der Waals surface area (Å²) in [5, 5.41) is 3.50. The van der Waals surface area contributed by atoms with E-state index in [1.165, 1.54) is 25.7 Å². The number of nitrogens with zero attached hydrogens (tertiary/aromatic N) is 2. The number of hydrogen-bond acceptors (Lipinski definition) is 3. The van der Waals surface area contributed by atoms with E-state index in [2.05, 4.69) is 15.3 Å². The Morgan fingerprint density at radius 1 is 1.29 bits per heavy atom. The van der Waals surface area contributed by atoms with Crippen molar-refractivity contribution in [1.29, 1.82) is 0 Å². The third kappa shape index (κ3) is 1.47. The summed E-state index contributed by atoms with van der Waals surface area (Å²) in [6.45, 7) is 0. The highest BCUT2D eigenvalue weighted by Crippen LogP contribution is 2.50. The second kappa shape index (κ2) is 3.23. The SMILES string of the molecule is c1cnc(NC2CCC[C@H]3C[C@@H]23)cn1. The van der Waals surface area contributed by atoms with Crippen molar-refractivity contribution in [1.82, 2.24) is 9.97 Å². The molecule has 0 aliphatic heterocycles. The summed E-state index contributed by atoms with van der Waals surface area (Å²) in [6, 6.07) is 0.658. The topological polar surface area (TPSA) is 37.8 Å².